The van der Waals surface area contributed by atoms with Gasteiger partial charge >= 0.3 is 0 Å². The molecule has 0 atom stereocenters. The van der Waals surface area contributed by atoms with Crippen LogP contribution in [0.3, 0.4) is 0 Å². The average molecular weight is 255 g/mol. The van der Waals surface area contributed by atoms with Gasteiger partial charge in [-0.25, -0.2) is 5.14 Å². The van der Waals surface area contributed by atoms with E-state index in [4.69, 9.17) is 5.14 Å². The Hall–Kier alpha value is -1.27. The van der Waals surface area contributed by atoms with E-state index in [1.165, 1.54) is 0 Å². The fraction of sp³-hybridized carbons (Fsp3) is 0.455. The van der Waals surface area contributed by atoms with Crippen LogP contribution in [0.25, 0.3) is 0 Å². The summed E-state index contributed by atoms with van der Waals surface area (Å²) in [5, 5.41) is 8.27. The number of rotatable bonds is 4. The van der Waals surface area contributed by atoms with E-state index in [0.717, 1.165) is 24.4 Å². The third kappa shape index (κ3) is 3.61. The average Bonchev–Trinajstić information content (AvgIpc) is 2.13. The van der Waals surface area contributed by atoms with Crippen molar-refractivity contribution in [3.63, 3.8) is 0 Å². The van der Waals surface area contributed by atoms with Gasteiger partial charge in [0.05, 0.1) is 5.69 Å². The zero-order valence-electron chi connectivity index (χ0n) is 9.68. The van der Waals surface area contributed by atoms with E-state index in [1.54, 1.807) is 18.2 Å². The van der Waals surface area contributed by atoms with Crippen molar-refractivity contribution in [3.05, 3.63) is 24.3 Å². The van der Waals surface area contributed by atoms with Crippen LogP contribution in [-0.2, 0) is 10.2 Å². The Morgan fingerprint density at radius 1 is 1.29 bits per heavy atom. The largest absolute Gasteiger partial charge is 0.382 e. The van der Waals surface area contributed by atoms with Crippen LogP contribution in [0.2, 0.25) is 0 Å². The molecular weight excluding hydrogens is 238 g/mol. The predicted molar refractivity (Wildman–Crippen MR) is 69.0 cm³/mol. The quantitative estimate of drug-likeness (QED) is 0.762. The molecule has 0 spiro atoms. The molecule has 0 bridgehead atoms. The van der Waals surface area contributed by atoms with Gasteiger partial charge in [0.1, 0.15) is 0 Å². The first-order valence-corrected chi connectivity index (χ1v) is 7.14. The van der Waals surface area contributed by atoms with Crippen molar-refractivity contribution in [2.75, 3.05) is 10.0 Å². The highest BCUT2D eigenvalue weighted by molar-refractivity contribution is 7.90. The van der Waals surface area contributed by atoms with Crippen molar-refractivity contribution >= 4 is 21.6 Å². The number of nitrogens with two attached hydrogens (primary N) is 1. The number of hydrogen-bond acceptors (Lipinski definition) is 3. The van der Waals surface area contributed by atoms with Crippen molar-refractivity contribution in [2.24, 2.45) is 11.1 Å². The van der Waals surface area contributed by atoms with Crippen molar-refractivity contribution in [2.45, 2.75) is 25.8 Å². The normalized spacial score (nSPS) is 23.9. The van der Waals surface area contributed by atoms with E-state index in [9.17, 15) is 8.42 Å². The van der Waals surface area contributed by atoms with Gasteiger partial charge in [-0.05, 0) is 37.0 Å². The number of anilines is 2. The second-order valence-electron chi connectivity index (χ2n) is 4.65. The Bertz CT molecular complexity index is 495. The summed E-state index contributed by atoms with van der Waals surface area (Å²) in [6.45, 7) is 2.22. The Morgan fingerprint density at radius 3 is 2.53 bits per heavy atom. The highest BCUT2D eigenvalue weighted by Gasteiger charge is 2.24. The molecule has 2 rings (SSSR count). The third-order valence-electron chi connectivity index (χ3n) is 2.87. The van der Waals surface area contributed by atoms with Crippen LogP contribution in [0.4, 0.5) is 11.4 Å². The molecule has 0 aliphatic heterocycles. The standard InChI is InChI=1S/C11H17N3O2S/c1-8-5-11(6-8)13-9-3-2-4-10(7-9)14-17(12,15)16/h2-4,7-8,11,13-14H,5-6H2,1H3,(H2,12,15,16). The van der Waals surface area contributed by atoms with Gasteiger partial charge in [-0.15, -0.1) is 0 Å². The Balaban J connectivity index is 2.01. The Labute approximate surface area is 102 Å². The van der Waals surface area contributed by atoms with Crippen LogP contribution in [0, 0.1) is 5.92 Å². The lowest BCUT2D eigenvalue weighted by molar-refractivity contribution is 0.309. The topological polar surface area (TPSA) is 84.2 Å². The van der Waals surface area contributed by atoms with Gasteiger partial charge in [0.15, 0.2) is 0 Å². The van der Waals surface area contributed by atoms with E-state index in [-0.39, 0.29) is 0 Å². The molecule has 5 nitrogen and oxygen atoms in total. The van der Waals surface area contributed by atoms with Crippen LogP contribution < -0.4 is 15.2 Å². The molecule has 1 saturated carbocycles. The first kappa shape index (κ1) is 12.2. The molecule has 0 amide bonds. The lowest BCUT2D eigenvalue weighted by Gasteiger charge is -2.34. The molecule has 1 aromatic carbocycles. The molecule has 0 saturated heterocycles. The monoisotopic (exact) mass is 255 g/mol. The van der Waals surface area contributed by atoms with Crippen LogP contribution in [0.5, 0.6) is 0 Å². The van der Waals surface area contributed by atoms with Gasteiger partial charge in [0, 0.05) is 11.7 Å². The van der Waals surface area contributed by atoms with Gasteiger partial charge in [0.25, 0.3) is 10.2 Å². The minimum absolute atomic E-state index is 0.477. The first-order valence-electron chi connectivity index (χ1n) is 5.59. The number of hydrogen-bond donors (Lipinski definition) is 3. The molecule has 0 heterocycles. The smallest absolute Gasteiger partial charge is 0.296 e. The summed E-state index contributed by atoms with van der Waals surface area (Å²) in [4.78, 5) is 0. The van der Waals surface area contributed by atoms with E-state index in [0.29, 0.717) is 11.7 Å². The maximum Gasteiger partial charge on any atom is 0.296 e. The lowest BCUT2D eigenvalue weighted by atomic mass is 9.82. The zero-order valence-corrected chi connectivity index (χ0v) is 10.5. The molecule has 0 aromatic heterocycles. The summed E-state index contributed by atoms with van der Waals surface area (Å²) in [7, 11) is -3.70. The minimum atomic E-state index is -3.70. The van der Waals surface area contributed by atoms with Gasteiger partial charge in [-0.1, -0.05) is 13.0 Å². The summed E-state index contributed by atoms with van der Waals surface area (Å²) in [6.07, 6.45) is 2.32. The molecule has 1 aliphatic rings. The molecule has 17 heavy (non-hydrogen) atoms. The highest BCUT2D eigenvalue weighted by atomic mass is 32.2. The van der Waals surface area contributed by atoms with Crippen molar-refractivity contribution in [1.82, 2.24) is 0 Å². The van der Waals surface area contributed by atoms with E-state index >= 15 is 0 Å². The van der Waals surface area contributed by atoms with Gasteiger partial charge in [-0.3, -0.25) is 4.72 Å². The van der Waals surface area contributed by atoms with E-state index < -0.39 is 10.2 Å². The van der Waals surface area contributed by atoms with E-state index in [1.807, 2.05) is 6.07 Å². The van der Waals surface area contributed by atoms with Gasteiger partial charge in [-0.2, -0.15) is 8.42 Å². The molecule has 6 heteroatoms. The molecule has 94 valence electrons. The van der Waals surface area contributed by atoms with Crippen molar-refractivity contribution in [3.8, 4) is 0 Å². The lowest BCUT2D eigenvalue weighted by Crippen LogP contribution is -2.33. The summed E-state index contributed by atoms with van der Waals surface area (Å²) >= 11 is 0. The van der Waals surface area contributed by atoms with E-state index in [2.05, 4.69) is 17.0 Å². The summed E-state index contributed by atoms with van der Waals surface area (Å²) in [5.74, 6) is 0.776. The minimum Gasteiger partial charge on any atom is -0.382 e. The molecular formula is C11H17N3O2S. The number of nitrogens with one attached hydrogen (secondary N) is 2. The second-order valence-corrected chi connectivity index (χ2v) is 5.94. The fourth-order valence-corrected chi connectivity index (χ4v) is 2.55. The van der Waals surface area contributed by atoms with Gasteiger partial charge in [0.2, 0.25) is 0 Å². The van der Waals surface area contributed by atoms with Crippen LogP contribution in [-0.4, -0.2) is 14.5 Å². The van der Waals surface area contributed by atoms with Crippen LogP contribution in [0.15, 0.2) is 24.3 Å². The highest BCUT2D eigenvalue weighted by Crippen LogP contribution is 2.30. The summed E-state index contributed by atoms with van der Waals surface area (Å²) in [5.41, 5.74) is 1.39. The molecule has 4 N–H and O–H groups in total. The zero-order chi connectivity index (χ0) is 12.5. The third-order valence-corrected chi connectivity index (χ3v) is 3.39. The molecule has 0 unspecified atom stereocenters. The van der Waals surface area contributed by atoms with Gasteiger partial charge < -0.3 is 5.32 Å². The maximum absolute atomic E-state index is 10.9. The molecule has 1 aliphatic carbocycles. The summed E-state index contributed by atoms with van der Waals surface area (Å²) < 4.78 is 24.0. The van der Waals surface area contributed by atoms with Crippen LogP contribution in [0.1, 0.15) is 19.8 Å². The predicted octanol–water partition coefficient (Wildman–Crippen LogP) is 1.51. The van der Waals surface area contributed by atoms with Crippen molar-refractivity contribution < 1.29 is 8.42 Å². The Kier molecular flexibility index (Phi) is 3.26. The molecule has 0 radical (unpaired) electrons. The SMILES string of the molecule is CC1CC(Nc2cccc(NS(N)(=O)=O)c2)C1. The summed E-state index contributed by atoms with van der Waals surface area (Å²) in [6, 6.07) is 7.61. The molecule has 1 aromatic rings. The first-order chi connectivity index (χ1) is 7.92. The Morgan fingerprint density at radius 2 is 1.94 bits per heavy atom. The maximum atomic E-state index is 10.9. The number of benzene rings is 1. The van der Waals surface area contributed by atoms with Crippen molar-refractivity contribution in [1.29, 1.82) is 0 Å². The second kappa shape index (κ2) is 4.54. The molecule has 1 fully saturated rings. The van der Waals surface area contributed by atoms with Crippen LogP contribution >= 0.6 is 0 Å². The fourth-order valence-electron chi connectivity index (χ4n) is 2.09.